The van der Waals surface area contributed by atoms with Crippen LogP contribution in [0.15, 0.2) is 72.8 Å². The van der Waals surface area contributed by atoms with E-state index in [4.69, 9.17) is 10.00 Å². The van der Waals surface area contributed by atoms with Crippen LogP contribution < -0.4 is 15.4 Å². The van der Waals surface area contributed by atoms with Gasteiger partial charge in [0, 0.05) is 24.3 Å². The summed E-state index contributed by atoms with van der Waals surface area (Å²) in [5.74, 6) is -0.135. The molecule has 0 aromatic heterocycles. The van der Waals surface area contributed by atoms with Gasteiger partial charge in [0.25, 0.3) is 5.91 Å². The lowest BCUT2D eigenvalue weighted by molar-refractivity contribution is 0.0811. The third-order valence-electron chi connectivity index (χ3n) is 6.09. The third kappa shape index (κ3) is 7.06. The van der Waals surface area contributed by atoms with E-state index in [0.717, 1.165) is 5.56 Å². The quantitative estimate of drug-likeness (QED) is 0.470. The van der Waals surface area contributed by atoms with E-state index in [9.17, 15) is 19.1 Å². The molecule has 2 unspecified atom stereocenters. The lowest BCUT2D eigenvalue weighted by Crippen LogP contribution is -2.50. The Morgan fingerprint density at radius 2 is 1.86 bits per heavy atom. The van der Waals surface area contributed by atoms with Gasteiger partial charge < -0.3 is 25.4 Å². The molecule has 0 aliphatic carbocycles. The maximum Gasteiger partial charge on any atom is 0.321 e. The fraction of sp³-hybridized carbons (Fsp3) is 0.250. The zero-order chi connectivity index (χ0) is 26.2. The van der Waals surface area contributed by atoms with E-state index >= 15 is 0 Å². The van der Waals surface area contributed by atoms with Crippen molar-refractivity contribution in [2.45, 2.75) is 31.6 Å². The molecule has 3 amide bonds. The number of nitrogens with zero attached hydrogens (tertiary/aromatic N) is 2. The number of amides is 3. The first kappa shape index (κ1) is 25.7. The van der Waals surface area contributed by atoms with Gasteiger partial charge in [-0.1, -0.05) is 18.2 Å². The molecule has 8 nitrogen and oxygen atoms in total. The second kappa shape index (κ2) is 12.0. The number of rotatable bonds is 6. The SMILES string of the molecule is N#Cc1cccc(NC(=O)N2CCCC(O)C(NC(=O)c3ccc(OCc4ccc(F)cc4)cc3)C2)c1. The first-order chi connectivity index (χ1) is 17.9. The summed E-state index contributed by atoms with van der Waals surface area (Å²) in [5, 5.41) is 25.3. The molecule has 4 rings (SSSR count). The Hall–Kier alpha value is -4.42. The number of carbonyl (C=O) groups is 2. The summed E-state index contributed by atoms with van der Waals surface area (Å²) in [6.45, 7) is 0.821. The van der Waals surface area contributed by atoms with Crippen molar-refractivity contribution < 1.29 is 23.8 Å². The van der Waals surface area contributed by atoms with Gasteiger partial charge in [-0.3, -0.25) is 4.79 Å². The lowest BCUT2D eigenvalue weighted by atomic mass is 10.1. The molecule has 190 valence electrons. The standard InChI is InChI=1S/C28H27FN4O4/c29-22-10-6-19(7-11-22)18-37-24-12-8-21(9-13-24)27(35)32-25-17-33(14-2-5-26(25)34)28(36)31-23-4-1-3-20(15-23)16-30/h1,3-4,6-13,15,25-26,34H,2,5,14,17-18H2,(H,31,36)(H,32,35). The van der Waals surface area contributed by atoms with Crippen molar-refractivity contribution in [2.75, 3.05) is 18.4 Å². The Balaban J connectivity index is 1.34. The second-order valence-corrected chi connectivity index (χ2v) is 8.80. The van der Waals surface area contributed by atoms with Crippen LogP contribution in [-0.2, 0) is 6.61 Å². The third-order valence-corrected chi connectivity index (χ3v) is 6.09. The summed E-state index contributed by atoms with van der Waals surface area (Å²) < 4.78 is 18.7. The van der Waals surface area contributed by atoms with Crippen molar-refractivity contribution in [1.82, 2.24) is 10.2 Å². The molecule has 0 bridgehead atoms. The number of aliphatic hydroxyl groups excluding tert-OH is 1. The largest absolute Gasteiger partial charge is 0.489 e. The topological polar surface area (TPSA) is 115 Å². The number of aliphatic hydroxyl groups is 1. The van der Waals surface area contributed by atoms with E-state index < -0.39 is 12.1 Å². The minimum Gasteiger partial charge on any atom is -0.489 e. The van der Waals surface area contributed by atoms with E-state index in [-0.39, 0.29) is 30.9 Å². The van der Waals surface area contributed by atoms with Crippen LogP contribution in [0.4, 0.5) is 14.9 Å². The van der Waals surface area contributed by atoms with Gasteiger partial charge in [0.15, 0.2) is 0 Å². The average Bonchev–Trinajstić information content (AvgIpc) is 3.10. The Morgan fingerprint density at radius 3 is 2.59 bits per heavy atom. The van der Waals surface area contributed by atoms with Crippen molar-refractivity contribution in [2.24, 2.45) is 0 Å². The molecule has 3 aromatic carbocycles. The summed E-state index contributed by atoms with van der Waals surface area (Å²) in [4.78, 5) is 27.3. The van der Waals surface area contributed by atoms with Crippen LogP contribution in [0.3, 0.4) is 0 Å². The van der Waals surface area contributed by atoms with Crippen molar-refractivity contribution in [3.63, 3.8) is 0 Å². The number of hydrogen-bond acceptors (Lipinski definition) is 5. The molecular weight excluding hydrogens is 475 g/mol. The number of hydrogen-bond donors (Lipinski definition) is 3. The van der Waals surface area contributed by atoms with Gasteiger partial charge in [0.1, 0.15) is 18.2 Å². The molecular formula is C28H27FN4O4. The number of nitriles is 1. The molecule has 37 heavy (non-hydrogen) atoms. The van der Waals surface area contributed by atoms with Gasteiger partial charge in [0.2, 0.25) is 0 Å². The number of carbonyl (C=O) groups excluding carboxylic acids is 2. The fourth-order valence-corrected chi connectivity index (χ4v) is 4.04. The lowest BCUT2D eigenvalue weighted by Gasteiger charge is -2.27. The predicted octanol–water partition coefficient (Wildman–Crippen LogP) is 4.06. The number of halogens is 1. The number of likely N-dealkylation sites (tertiary alicyclic amines) is 1. The molecule has 1 saturated heterocycles. The fourth-order valence-electron chi connectivity index (χ4n) is 4.04. The molecule has 0 radical (unpaired) electrons. The number of urea groups is 1. The van der Waals surface area contributed by atoms with Crippen molar-refractivity contribution in [3.8, 4) is 11.8 Å². The van der Waals surface area contributed by atoms with Crippen LogP contribution in [0.5, 0.6) is 5.75 Å². The molecule has 2 atom stereocenters. The van der Waals surface area contributed by atoms with E-state index in [0.29, 0.717) is 42.0 Å². The highest BCUT2D eigenvalue weighted by Crippen LogP contribution is 2.18. The van der Waals surface area contributed by atoms with Crippen LogP contribution in [0.1, 0.15) is 34.3 Å². The number of anilines is 1. The van der Waals surface area contributed by atoms with E-state index in [2.05, 4.69) is 10.6 Å². The minimum atomic E-state index is -0.804. The number of nitrogens with one attached hydrogen (secondary N) is 2. The molecule has 0 spiro atoms. The van der Waals surface area contributed by atoms with E-state index in [1.807, 2.05) is 6.07 Å². The molecule has 1 aliphatic heterocycles. The van der Waals surface area contributed by atoms with Crippen LogP contribution >= 0.6 is 0 Å². The maximum absolute atomic E-state index is 13.0. The van der Waals surface area contributed by atoms with Gasteiger partial charge in [-0.05, 0) is 73.0 Å². The van der Waals surface area contributed by atoms with Crippen LogP contribution in [-0.4, -0.2) is 47.2 Å². The first-order valence-electron chi connectivity index (χ1n) is 11.9. The number of benzene rings is 3. The molecule has 3 N–H and O–H groups in total. The minimum absolute atomic E-state index is 0.134. The smallest absolute Gasteiger partial charge is 0.321 e. The van der Waals surface area contributed by atoms with Gasteiger partial charge in [0.05, 0.1) is 23.8 Å². The summed E-state index contributed by atoms with van der Waals surface area (Å²) in [6.07, 6.45) is 0.218. The zero-order valence-corrected chi connectivity index (χ0v) is 20.1. The van der Waals surface area contributed by atoms with E-state index in [1.165, 1.54) is 12.1 Å². The zero-order valence-electron chi connectivity index (χ0n) is 20.1. The highest BCUT2D eigenvalue weighted by molar-refractivity contribution is 5.94. The molecule has 3 aromatic rings. The summed E-state index contributed by atoms with van der Waals surface area (Å²) >= 11 is 0. The van der Waals surface area contributed by atoms with Gasteiger partial charge in [-0.2, -0.15) is 5.26 Å². The Labute approximate surface area is 214 Å². The first-order valence-corrected chi connectivity index (χ1v) is 11.9. The van der Waals surface area contributed by atoms with Crippen molar-refractivity contribution >= 4 is 17.6 Å². The predicted molar refractivity (Wildman–Crippen MR) is 135 cm³/mol. The Morgan fingerprint density at radius 1 is 1.11 bits per heavy atom. The van der Waals surface area contributed by atoms with Crippen LogP contribution in [0.2, 0.25) is 0 Å². The van der Waals surface area contributed by atoms with Gasteiger partial charge >= 0.3 is 6.03 Å². The van der Waals surface area contributed by atoms with Crippen molar-refractivity contribution in [3.05, 3.63) is 95.3 Å². The van der Waals surface area contributed by atoms with E-state index in [1.54, 1.807) is 65.6 Å². The molecule has 1 heterocycles. The van der Waals surface area contributed by atoms with Crippen LogP contribution in [0.25, 0.3) is 0 Å². The normalized spacial score (nSPS) is 17.3. The van der Waals surface area contributed by atoms with Gasteiger partial charge in [-0.15, -0.1) is 0 Å². The Bertz CT molecular complexity index is 1270. The van der Waals surface area contributed by atoms with Crippen LogP contribution in [0, 0.1) is 17.1 Å². The highest BCUT2D eigenvalue weighted by atomic mass is 19.1. The maximum atomic E-state index is 13.0. The monoisotopic (exact) mass is 502 g/mol. The molecule has 1 aliphatic rings. The summed E-state index contributed by atoms with van der Waals surface area (Å²) in [6, 6.07) is 20.2. The average molecular weight is 503 g/mol. The van der Waals surface area contributed by atoms with Crippen molar-refractivity contribution in [1.29, 1.82) is 5.26 Å². The number of ether oxygens (including phenoxy) is 1. The Kier molecular flexibility index (Phi) is 8.33. The summed E-state index contributed by atoms with van der Waals surface area (Å²) in [7, 11) is 0. The summed E-state index contributed by atoms with van der Waals surface area (Å²) in [5.41, 5.74) is 2.13. The molecule has 9 heteroatoms. The second-order valence-electron chi connectivity index (χ2n) is 8.80. The highest BCUT2D eigenvalue weighted by Gasteiger charge is 2.29. The molecule has 0 saturated carbocycles. The van der Waals surface area contributed by atoms with Gasteiger partial charge in [-0.25, -0.2) is 9.18 Å². The molecule has 1 fully saturated rings.